The molecular weight excluding hydrogens is 296 g/mol. The first-order valence-electron chi connectivity index (χ1n) is 8.27. The number of piperazine rings is 1. The van der Waals surface area contributed by atoms with Crippen molar-refractivity contribution in [1.29, 1.82) is 0 Å². The third kappa shape index (κ3) is 3.86. The maximum atomic E-state index is 12.6. The van der Waals surface area contributed by atoms with Crippen LogP contribution in [0.25, 0.3) is 0 Å². The van der Waals surface area contributed by atoms with E-state index in [9.17, 15) is 4.79 Å². The molecule has 0 radical (unpaired) electrons. The zero-order valence-electron chi connectivity index (χ0n) is 13.5. The van der Waals surface area contributed by atoms with Gasteiger partial charge in [-0.1, -0.05) is 0 Å². The highest BCUT2D eigenvalue weighted by Crippen LogP contribution is 2.22. The van der Waals surface area contributed by atoms with Crippen LogP contribution >= 0.6 is 11.3 Å². The number of nitrogens with zero attached hydrogens (tertiary/aromatic N) is 3. The van der Waals surface area contributed by atoms with Gasteiger partial charge >= 0.3 is 0 Å². The smallest absolute Gasteiger partial charge is 0.225 e. The summed E-state index contributed by atoms with van der Waals surface area (Å²) < 4.78 is 0. The van der Waals surface area contributed by atoms with Gasteiger partial charge < -0.3 is 10.2 Å². The summed E-state index contributed by atoms with van der Waals surface area (Å²) in [5.74, 6) is 0.594. The number of nitrogens with one attached hydrogen (secondary N) is 1. The number of aryl methyl sites for hydroxylation is 1. The monoisotopic (exact) mass is 322 g/mol. The average molecular weight is 322 g/mol. The first kappa shape index (κ1) is 15.9. The summed E-state index contributed by atoms with van der Waals surface area (Å²) >= 11 is 1.71. The molecule has 0 bridgehead atoms. The van der Waals surface area contributed by atoms with E-state index in [-0.39, 0.29) is 5.92 Å². The molecule has 2 saturated heterocycles. The lowest BCUT2D eigenvalue weighted by atomic mass is 9.94. The Morgan fingerprint density at radius 1 is 1.41 bits per heavy atom. The fourth-order valence-corrected chi connectivity index (χ4v) is 4.04. The van der Waals surface area contributed by atoms with Crippen molar-refractivity contribution in [3.8, 4) is 0 Å². The Labute approximate surface area is 136 Å². The molecule has 3 heterocycles. The van der Waals surface area contributed by atoms with Crippen molar-refractivity contribution in [2.45, 2.75) is 39.3 Å². The number of carbonyl (C=O) groups excluding carboxylic acids is 1. The summed E-state index contributed by atoms with van der Waals surface area (Å²) in [6, 6.07) is 0.422. The molecule has 0 aliphatic carbocycles. The third-order valence-electron chi connectivity index (χ3n) is 4.67. The van der Waals surface area contributed by atoms with E-state index >= 15 is 0 Å². The molecule has 2 aliphatic heterocycles. The van der Waals surface area contributed by atoms with E-state index in [1.54, 1.807) is 11.3 Å². The lowest BCUT2D eigenvalue weighted by Crippen LogP contribution is -2.53. The SMILES string of the molecule is Cc1nc(CN2CCC(C(=O)N3CCNC(C)C3)CC2)cs1. The molecule has 3 rings (SSSR count). The standard InChI is InChI=1S/C16H26N4OS/c1-12-9-20(8-5-17-12)16(21)14-3-6-19(7-4-14)10-15-11-22-13(2)18-15/h11-12,14,17H,3-10H2,1-2H3. The van der Waals surface area contributed by atoms with Crippen molar-refractivity contribution in [1.82, 2.24) is 20.1 Å². The number of hydrogen-bond donors (Lipinski definition) is 1. The second kappa shape index (κ2) is 7.06. The largest absolute Gasteiger partial charge is 0.340 e. The quantitative estimate of drug-likeness (QED) is 0.916. The summed E-state index contributed by atoms with van der Waals surface area (Å²) in [4.78, 5) is 21.7. The fraction of sp³-hybridized carbons (Fsp3) is 0.750. The van der Waals surface area contributed by atoms with Crippen molar-refractivity contribution < 1.29 is 4.79 Å². The van der Waals surface area contributed by atoms with Gasteiger partial charge in [0.25, 0.3) is 0 Å². The molecule has 0 aromatic carbocycles. The maximum Gasteiger partial charge on any atom is 0.225 e. The summed E-state index contributed by atoms with van der Waals surface area (Å²) in [5.41, 5.74) is 1.17. The van der Waals surface area contributed by atoms with Gasteiger partial charge in [0.05, 0.1) is 10.7 Å². The molecule has 1 amide bonds. The van der Waals surface area contributed by atoms with E-state index < -0.39 is 0 Å². The van der Waals surface area contributed by atoms with Crippen LogP contribution in [0.1, 0.15) is 30.5 Å². The summed E-state index contributed by atoms with van der Waals surface area (Å²) in [7, 11) is 0. The zero-order valence-corrected chi connectivity index (χ0v) is 14.4. The van der Waals surface area contributed by atoms with Crippen LogP contribution in [0.2, 0.25) is 0 Å². The minimum Gasteiger partial charge on any atom is -0.340 e. The Morgan fingerprint density at radius 3 is 2.82 bits per heavy atom. The molecular formula is C16H26N4OS. The summed E-state index contributed by atoms with van der Waals surface area (Å²) in [5, 5.41) is 6.68. The first-order chi connectivity index (χ1) is 10.6. The van der Waals surface area contributed by atoms with E-state index in [4.69, 9.17) is 0 Å². The predicted molar refractivity (Wildman–Crippen MR) is 88.9 cm³/mol. The number of aromatic nitrogens is 1. The molecule has 0 spiro atoms. The highest BCUT2D eigenvalue weighted by molar-refractivity contribution is 7.09. The van der Waals surface area contributed by atoms with Crippen molar-refractivity contribution in [2.24, 2.45) is 5.92 Å². The van der Waals surface area contributed by atoms with Gasteiger partial charge in [0.2, 0.25) is 5.91 Å². The zero-order chi connectivity index (χ0) is 15.5. The van der Waals surface area contributed by atoms with E-state index in [0.29, 0.717) is 11.9 Å². The van der Waals surface area contributed by atoms with Crippen LogP contribution in [0, 0.1) is 12.8 Å². The molecule has 2 fully saturated rings. The Bertz CT molecular complexity index is 510. The van der Waals surface area contributed by atoms with Gasteiger partial charge in [-0.2, -0.15) is 0 Å². The number of likely N-dealkylation sites (tertiary alicyclic amines) is 1. The highest BCUT2D eigenvalue weighted by Gasteiger charge is 2.30. The Hall–Kier alpha value is -0.980. The van der Waals surface area contributed by atoms with Gasteiger partial charge in [0, 0.05) is 43.5 Å². The van der Waals surface area contributed by atoms with Crippen LogP contribution in [0.4, 0.5) is 0 Å². The Kier molecular flexibility index (Phi) is 5.10. The normalized spacial score (nSPS) is 24.6. The fourth-order valence-electron chi connectivity index (χ4n) is 3.44. The maximum absolute atomic E-state index is 12.6. The van der Waals surface area contributed by atoms with Gasteiger partial charge in [-0.3, -0.25) is 9.69 Å². The van der Waals surface area contributed by atoms with Gasteiger partial charge in [0.1, 0.15) is 0 Å². The molecule has 1 aromatic heterocycles. The summed E-state index contributed by atoms with van der Waals surface area (Å²) in [6.07, 6.45) is 1.97. The van der Waals surface area contributed by atoms with Crippen molar-refractivity contribution >= 4 is 17.2 Å². The molecule has 122 valence electrons. The van der Waals surface area contributed by atoms with E-state index in [1.165, 1.54) is 5.69 Å². The van der Waals surface area contributed by atoms with Gasteiger partial charge in [-0.15, -0.1) is 11.3 Å². The molecule has 22 heavy (non-hydrogen) atoms. The summed E-state index contributed by atoms with van der Waals surface area (Å²) in [6.45, 7) is 9.79. The minimum atomic E-state index is 0.221. The van der Waals surface area contributed by atoms with Crippen molar-refractivity contribution in [2.75, 3.05) is 32.7 Å². The number of carbonyl (C=O) groups is 1. The molecule has 1 unspecified atom stereocenters. The van der Waals surface area contributed by atoms with Crippen LogP contribution in [-0.4, -0.2) is 59.5 Å². The molecule has 1 atom stereocenters. The van der Waals surface area contributed by atoms with Crippen molar-refractivity contribution in [3.05, 3.63) is 16.1 Å². The lowest BCUT2D eigenvalue weighted by molar-refractivity contribution is -0.138. The van der Waals surface area contributed by atoms with E-state index in [2.05, 4.69) is 32.4 Å². The van der Waals surface area contributed by atoms with Crippen LogP contribution in [0.5, 0.6) is 0 Å². The molecule has 2 aliphatic rings. The number of hydrogen-bond acceptors (Lipinski definition) is 5. The molecule has 0 saturated carbocycles. The number of rotatable bonds is 3. The highest BCUT2D eigenvalue weighted by atomic mass is 32.1. The van der Waals surface area contributed by atoms with Crippen molar-refractivity contribution in [3.63, 3.8) is 0 Å². The van der Waals surface area contributed by atoms with Gasteiger partial charge in [-0.25, -0.2) is 4.98 Å². The van der Waals surface area contributed by atoms with E-state index in [0.717, 1.165) is 57.1 Å². The van der Waals surface area contributed by atoms with Gasteiger partial charge in [0.15, 0.2) is 0 Å². The second-order valence-electron chi connectivity index (χ2n) is 6.55. The molecule has 1 N–H and O–H groups in total. The topological polar surface area (TPSA) is 48.5 Å². The molecule has 5 nitrogen and oxygen atoms in total. The lowest BCUT2D eigenvalue weighted by Gasteiger charge is -2.37. The van der Waals surface area contributed by atoms with Gasteiger partial charge in [-0.05, 0) is 39.8 Å². The van der Waals surface area contributed by atoms with Crippen LogP contribution in [-0.2, 0) is 11.3 Å². The molecule has 1 aromatic rings. The Morgan fingerprint density at radius 2 is 2.18 bits per heavy atom. The van der Waals surface area contributed by atoms with Crippen LogP contribution < -0.4 is 5.32 Å². The average Bonchev–Trinajstić information content (AvgIpc) is 2.92. The first-order valence-corrected chi connectivity index (χ1v) is 9.15. The van der Waals surface area contributed by atoms with Crippen LogP contribution in [0.3, 0.4) is 0 Å². The minimum absolute atomic E-state index is 0.221. The number of amides is 1. The Balaban J connectivity index is 1.47. The number of piperidine rings is 1. The third-order valence-corrected chi connectivity index (χ3v) is 5.49. The van der Waals surface area contributed by atoms with E-state index in [1.807, 2.05) is 6.92 Å². The predicted octanol–water partition coefficient (Wildman–Crippen LogP) is 1.48. The molecule has 6 heteroatoms. The second-order valence-corrected chi connectivity index (χ2v) is 7.61. The number of thiazole rings is 1. The van der Waals surface area contributed by atoms with Crippen LogP contribution in [0.15, 0.2) is 5.38 Å².